The zero-order valence-corrected chi connectivity index (χ0v) is 18.5. The van der Waals surface area contributed by atoms with Gasteiger partial charge in [-0.1, -0.05) is 12.1 Å². The number of hydrogen-bond donors (Lipinski definition) is 4. The molecule has 0 saturated heterocycles. The van der Waals surface area contributed by atoms with Crippen molar-refractivity contribution in [3.63, 3.8) is 0 Å². The van der Waals surface area contributed by atoms with Crippen molar-refractivity contribution in [2.24, 2.45) is 12.8 Å². The Balaban J connectivity index is 1.77. The molecule has 0 aliphatic rings. The molecule has 0 saturated carbocycles. The highest BCUT2D eigenvalue weighted by Gasteiger charge is 2.21. The van der Waals surface area contributed by atoms with Gasteiger partial charge in [0.2, 0.25) is 0 Å². The molecule has 0 bridgehead atoms. The van der Waals surface area contributed by atoms with Gasteiger partial charge in [-0.2, -0.15) is 8.42 Å². The minimum atomic E-state index is -4.15. The minimum Gasteiger partial charge on any atom is -0.371 e. The van der Waals surface area contributed by atoms with E-state index in [1.807, 2.05) is 11.6 Å². The number of imidazole rings is 1. The van der Waals surface area contributed by atoms with Crippen LogP contribution in [0.25, 0.3) is 22.3 Å². The van der Waals surface area contributed by atoms with Gasteiger partial charge in [0.05, 0.1) is 23.6 Å². The number of aryl methyl sites for hydroxylation is 1. The number of primary amides is 1. The molecule has 3 heterocycles. The number of benzene rings is 1. The van der Waals surface area contributed by atoms with E-state index < -0.39 is 21.8 Å². The molecule has 12 nitrogen and oxygen atoms in total. The van der Waals surface area contributed by atoms with Crippen molar-refractivity contribution in [1.29, 1.82) is 0 Å². The molecule has 0 spiro atoms. The Morgan fingerprint density at radius 3 is 2.52 bits per heavy atom. The number of nitrogens with zero attached hydrogens (tertiary/aromatic N) is 5. The third-order valence-corrected chi connectivity index (χ3v) is 5.52. The van der Waals surface area contributed by atoms with Crippen LogP contribution in [0.5, 0.6) is 0 Å². The van der Waals surface area contributed by atoms with Crippen molar-refractivity contribution in [3.05, 3.63) is 54.2 Å². The van der Waals surface area contributed by atoms with E-state index in [0.717, 1.165) is 5.52 Å². The van der Waals surface area contributed by atoms with E-state index in [-0.39, 0.29) is 11.5 Å². The standard InChI is InChI=1S/C20H20N8O4S/c1-22-19-16(13-7-23-8-14-15(13)24-10-28(14)2)26-17(18(21)29)20(27-19)25-12-5-3-11(4-6-12)9-33(30,31)32/h3-8,10H,9H2,1-2H3,(H2,21,29)(H2,22,25,27)(H,30,31,32). The van der Waals surface area contributed by atoms with Gasteiger partial charge < -0.3 is 20.9 Å². The molecule has 33 heavy (non-hydrogen) atoms. The number of carbonyl (C=O) groups excluding carboxylic acids is 1. The lowest BCUT2D eigenvalue weighted by Gasteiger charge is -2.14. The van der Waals surface area contributed by atoms with Crippen LogP contribution in [0.4, 0.5) is 17.3 Å². The van der Waals surface area contributed by atoms with Crippen LogP contribution in [-0.4, -0.2) is 50.4 Å². The van der Waals surface area contributed by atoms with Crippen molar-refractivity contribution < 1.29 is 17.8 Å². The summed E-state index contributed by atoms with van der Waals surface area (Å²) in [4.78, 5) is 29.8. The Morgan fingerprint density at radius 1 is 1.15 bits per heavy atom. The first-order valence-electron chi connectivity index (χ1n) is 9.62. The molecule has 0 fully saturated rings. The van der Waals surface area contributed by atoms with E-state index in [1.54, 1.807) is 37.9 Å². The molecule has 0 aliphatic carbocycles. The molecule has 170 valence electrons. The number of anilines is 3. The number of nitrogens with two attached hydrogens (primary N) is 1. The predicted molar refractivity (Wildman–Crippen MR) is 123 cm³/mol. The number of amides is 1. The Kier molecular flexibility index (Phi) is 5.66. The van der Waals surface area contributed by atoms with Crippen molar-refractivity contribution >= 4 is 44.4 Å². The minimum absolute atomic E-state index is 0.0982. The van der Waals surface area contributed by atoms with Crippen LogP contribution in [0.3, 0.4) is 0 Å². The van der Waals surface area contributed by atoms with Crippen LogP contribution in [0.1, 0.15) is 16.1 Å². The van der Waals surface area contributed by atoms with Gasteiger partial charge in [0.15, 0.2) is 17.3 Å². The number of pyridine rings is 1. The van der Waals surface area contributed by atoms with E-state index in [2.05, 4.69) is 30.6 Å². The molecule has 13 heteroatoms. The van der Waals surface area contributed by atoms with Gasteiger partial charge in [-0.25, -0.2) is 15.0 Å². The Bertz CT molecular complexity index is 1470. The maximum atomic E-state index is 12.2. The summed E-state index contributed by atoms with van der Waals surface area (Å²) in [6.07, 6.45) is 4.92. The maximum Gasteiger partial charge on any atom is 0.271 e. The summed E-state index contributed by atoms with van der Waals surface area (Å²) in [5, 5.41) is 5.95. The number of nitrogens with one attached hydrogen (secondary N) is 2. The van der Waals surface area contributed by atoms with Crippen molar-refractivity contribution in [1.82, 2.24) is 24.5 Å². The van der Waals surface area contributed by atoms with E-state index in [9.17, 15) is 13.2 Å². The SMILES string of the molecule is CNc1nc(Nc2ccc(CS(=O)(=O)O)cc2)c(C(N)=O)nc1-c1cncc2c1ncn2C. The molecule has 3 aromatic heterocycles. The molecule has 0 atom stereocenters. The summed E-state index contributed by atoms with van der Waals surface area (Å²) < 4.78 is 32.9. The van der Waals surface area contributed by atoms with Crippen molar-refractivity contribution in [2.75, 3.05) is 17.7 Å². The van der Waals surface area contributed by atoms with E-state index in [0.29, 0.717) is 33.8 Å². The fourth-order valence-corrected chi connectivity index (χ4v) is 3.92. The van der Waals surface area contributed by atoms with Crippen LogP contribution in [-0.2, 0) is 22.9 Å². The molecular weight excluding hydrogens is 448 g/mol. The van der Waals surface area contributed by atoms with Gasteiger partial charge >= 0.3 is 0 Å². The molecule has 5 N–H and O–H groups in total. The van der Waals surface area contributed by atoms with Gasteiger partial charge in [-0.05, 0) is 17.7 Å². The highest BCUT2D eigenvalue weighted by molar-refractivity contribution is 7.85. The number of hydrogen-bond acceptors (Lipinski definition) is 9. The van der Waals surface area contributed by atoms with E-state index >= 15 is 0 Å². The lowest BCUT2D eigenvalue weighted by atomic mass is 10.1. The summed E-state index contributed by atoms with van der Waals surface area (Å²) >= 11 is 0. The van der Waals surface area contributed by atoms with Crippen molar-refractivity contribution in [3.8, 4) is 11.3 Å². The van der Waals surface area contributed by atoms with Gasteiger partial charge in [0.1, 0.15) is 17.0 Å². The zero-order chi connectivity index (χ0) is 23.8. The van der Waals surface area contributed by atoms with Gasteiger partial charge in [-0.15, -0.1) is 0 Å². The van der Waals surface area contributed by atoms with Gasteiger partial charge in [0.25, 0.3) is 16.0 Å². The van der Waals surface area contributed by atoms with Crippen LogP contribution in [0, 0.1) is 0 Å². The Morgan fingerprint density at radius 2 is 1.88 bits per heavy atom. The summed E-state index contributed by atoms with van der Waals surface area (Å²) in [6, 6.07) is 6.21. The quantitative estimate of drug-likeness (QED) is 0.292. The smallest absolute Gasteiger partial charge is 0.271 e. The second kappa shape index (κ2) is 8.44. The highest BCUT2D eigenvalue weighted by atomic mass is 32.2. The molecule has 0 radical (unpaired) electrons. The van der Waals surface area contributed by atoms with Crippen LogP contribution in [0.2, 0.25) is 0 Å². The normalized spacial score (nSPS) is 11.5. The third kappa shape index (κ3) is 4.58. The Labute approximate surface area is 188 Å². The van der Waals surface area contributed by atoms with Gasteiger partial charge in [0, 0.05) is 26.0 Å². The zero-order valence-electron chi connectivity index (χ0n) is 17.6. The summed E-state index contributed by atoms with van der Waals surface area (Å²) in [5.74, 6) is -0.825. The summed E-state index contributed by atoms with van der Waals surface area (Å²) in [5.41, 5.74) is 8.75. The topological polar surface area (TPSA) is 178 Å². The molecule has 4 rings (SSSR count). The van der Waals surface area contributed by atoms with Crippen LogP contribution in [0.15, 0.2) is 43.0 Å². The molecule has 4 aromatic rings. The molecule has 0 unspecified atom stereocenters. The summed E-state index contributed by atoms with van der Waals surface area (Å²) in [6.45, 7) is 0. The van der Waals surface area contributed by atoms with Crippen LogP contribution >= 0.6 is 0 Å². The maximum absolute atomic E-state index is 12.2. The predicted octanol–water partition coefficient (Wildman–Crippen LogP) is 1.70. The van der Waals surface area contributed by atoms with Crippen LogP contribution < -0.4 is 16.4 Å². The number of carbonyl (C=O) groups is 1. The third-order valence-electron chi connectivity index (χ3n) is 4.83. The molecular formula is C20H20N8O4S. The summed E-state index contributed by atoms with van der Waals surface area (Å²) in [7, 11) is -0.639. The highest BCUT2D eigenvalue weighted by Crippen LogP contribution is 2.32. The lowest BCUT2D eigenvalue weighted by molar-refractivity contribution is 0.0996. The average molecular weight is 468 g/mol. The first-order valence-corrected chi connectivity index (χ1v) is 11.2. The lowest BCUT2D eigenvalue weighted by Crippen LogP contribution is -2.18. The monoisotopic (exact) mass is 468 g/mol. The van der Waals surface area contributed by atoms with Gasteiger partial charge in [-0.3, -0.25) is 14.3 Å². The first-order chi connectivity index (χ1) is 15.7. The van der Waals surface area contributed by atoms with E-state index in [4.69, 9.17) is 10.3 Å². The number of fused-ring (bicyclic) bond motifs is 1. The first kappa shape index (κ1) is 22.1. The second-order valence-electron chi connectivity index (χ2n) is 7.19. The second-order valence-corrected chi connectivity index (χ2v) is 8.64. The largest absolute Gasteiger partial charge is 0.371 e. The fourth-order valence-electron chi connectivity index (χ4n) is 3.30. The average Bonchev–Trinajstić information content (AvgIpc) is 3.14. The fraction of sp³-hybridized carbons (Fsp3) is 0.150. The van der Waals surface area contributed by atoms with Crippen molar-refractivity contribution in [2.45, 2.75) is 5.75 Å². The van der Waals surface area contributed by atoms with E-state index in [1.165, 1.54) is 12.1 Å². The molecule has 1 aromatic carbocycles. The molecule has 0 aliphatic heterocycles. The Hall–Kier alpha value is -4.10. The molecule has 1 amide bonds. The number of aromatic nitrogens is 5. The number of rotatable bonds is 7.